The number of nitrogen functional groups attached to an aromatic ring is 1. The molecule has 2 aromatic carbocycles. The number of fused-ring (bicyclic) bond motifs is 1. The molecule has 1 amide bonds. The van der Waals surface area contributed by atoms with Crippen molar-refractivity contribution in [1.82, 2.24) is 19.5 Å². The zero-order valence-corrected chi connectivity index (χ0v) is 21.6. The molecular weight excluding hydrogens is 474 g/mol. The third-order valence-corrected chi connectivity index (χ3v) is 8.12. The molecule has 1 saturated heterocycles. The van der Waals surface area contributed by atoms with E-state index in [2.05, 4.69) is 34.7 Å². The van der Waals surface area contributed by atoms with Crippen LogP contribution in [0.2, 0.25) is 0 Å². The Morgan fingerprint density at radius 3 is 2.32 bits per heavy atom. The van der Waals surface area contributed by atoms with E-state index < -0.39 is 0 Å². The molecule has 196 valence electrons. The van der Waals surface area contributed by atoms with Gasteiger partial charge in [0.1, 0.15) is 5.82 Å². The molecule has 5 N–H and O–H groups in total. The number of rotatable bonds is 5. The molecule has 2 aromatic heterocycles. The molecule has 1 aliphatic carbocycles. The van der Waals surface area contributed by atoms with E-state index in [-0.39, 0.29) is 5.91 Å². The third-order valence-electron chi connectivity index (χ3n) is 8.12. The average molecular weight is 510 g/mol. The Balaban J connectivity index is 1.13. The first kappa shape index (κ1) is 24.4. The van der Waals surface area contributed by atoms with Crippen LogP contribution >= 0.6 is 0 Å². The average Bonchev–Trinajstić information content (AvgIpc) is 3.38. The van der Waals surface area contributed by atoms with Crippen molar-refractivity contribution in [2.75, 3.05) is 24.1 Å². The summed E-state index contributed by atoms with van der Waals surface area (Å²) in [6, 6.07) is 20.3. The Morgan fingerprint density at radius 1 is 0.895 bits per heavy atom. The van der Waals surface area contributed by atoms with Crippen molar-refractivity contribution in [3.63, 3.8) is 0 Å². The van der Waals surface area contributed by atoms with E-state index in [9.17, 15) is 4.79 Å². The van der Waals surface area contributed by atoms with Crippen LogP contribution in [0.3, 0.4) is 0 Å². The van der Waals surface area contributed by atoms with Gasteiger partial charge in [0.05, 0.1) is 17.6 Å². The predicted octanol–water partition coefficient (Wildman–Crippen LogP) is 5.06. The van der Waals surface area contributed by atoms with Gasteiger partial charge in [-0.05, 0) is 74.3 Å². The molecule has 2 fully saturated rings. The summed E-state index contributed by atoms with van der Waals surface area (Å²) in [6.07, 6.45) is 8.11. The molecule has 0 bridgehead atoms. The lowest BCUT2D eigenvalue weighted by molar-refractivity contribution is 0.0713. The van der Waals surface area contributed by atoms with Gasteiger partial charge in [-0.1, -0.05) is 30.3 Å². The van der Waals surface area contributed by atoms with Gasteiger partial charge >= 0.3 is 0 Å². The minimum absolute atomic E-state index is 0.0868. The van der Waals surface area contributed by atoms with Gasteiger partial charge in [-0.3, -0.25) is 4.79 Å². The second-order valence-corrected chi connectivity index (χ2v) is 10.7. The number of anilines is 3. The van der Waals surface area contributed by atoms with Gasteiger partial charge < -0.3 is 21.7 Å². The molecule has 0 atom stereocenters. The molecule has 3 heterocycles. The van der Waals surface area contributed by atoms with Gasteiger partial charge in [0.2, 0.25) is 0 Å². The first-order valence-electron chi connectivity index (χ1n) is 13.7. The molecular formula is C30H35N7O. The lowest BCUT2D eigenvalue weighted by Crippen LogP contribution is -2.37. The minimum Gasteiger partial charge on any atom is -0.382 e. The summed E-state index contributed by atoms with van der Waals surface area (Å²) in [6.45, 7) is 1.56. The van der Waals surface area contributed by atoms with Gasteiger partial charge in [0, 0.05) is 42.4 Å². The molecule has 0 spiro atoms. The highest BCUT2D eigenvalue weighted by molar-refractivity contribution is 5.94. The highest BCUT2D eigenvalue weighted by Gasteiger charge is 2.25. The summed E-state index contributed by atoms with van der Waals surface area (Å²) >= 11 is 0. The van der Waals surface area contributed by atoms with Crippen LogP contribution in [0, 0.1) is 0 Å². The number of nitrogens with two attached hydrogens (primary N) is 2. The molecule has 6 rings (SSSR count). The number of hydrogen-bond acceptors (Lipinski definition) is 6. The number of nitrogens with one attached hydrogen (secondary N) is 1. The van der Waals surface area contributed by atoms with Crippen LogP contribution in [0.5, 0.6) is 0 Å². The Bertz CT molecular complexity index is 1400. The first-order valence-corrected chi connectivity index (χ1v) is 13.7. The van der Waals surface area contributed by atoms with Gasteiger partial charge in [0.15, 0.2) is 5.65 Å². The Morgan fingerprint density at radius 2 is 1.61 bits per heavy atom. The summed E-state index contributed by atoms with van der Waals surface area (Å²) in [5, 5.41) is 7.87. The van der Waals surface area contributed by atoms with Crippen LogP contribution < -0.4 is 16.8 Å². The van der Waals surface area contributed by atoms with Crippen molar-refractivity contribution in [2.24, 2.45) is 5.73 Å². The first-order chi connectivity index (χ1) is 18.5. The highest BCUT2D eigenvalue weighted by atomic mass is 16.2. The minimum atomic E-state index is 0.0868. The van der Waals surface area contributed by atoms with Crippen LogP contribution in [0.4, 0.5) is 17.2 Å². The largest absolute Gasteiger partial charge is 0.382 e. The molecule has 4 aromatic rings. The molecule has 1 aliphatic heterocycles. The van der Waals surface area contributed by atoms with E-state index in [1.165, 1.54) is 5.56 Å². The summed E-state index contributed by atoms with van der Waals surface area (Å²) in [4.78, 5) is 20.1. The van der Waals surface area contributed by atoms with Crippen molar-refractivity contribution in [2.45, 2.75) is 56.4 Å². The van der Waals surface area contributed by atoms with Crippen molar-refractivity contribution in [3.8, 4) is 0 Å². The van der Waals surface area contributed by atoms with E-state index in [1.807, 2.05) is 41.4 Å². The van der Waals surface area contributed by atoms with Crippen LogP contribution in [-0.2, 0) is 0 Å². The normalized spacial score (nSPS) is 20.5. The summed E-state index contributed by atoms with van der Waals surface area (Å²) in [5.74, 6) is 1.42. The lowest BCUT2D eigenvalue weighted by Gasteiger charge is -2.32. The zero-order chi connectivity index (χ0) is 26.1. The number of piperidine rings is 1. The summed E-state index contributed by atoms with van der Waals surface area (Å²) in [7, 11) is 0. The lowest BCUT2D eigenvalue weighted by atomic mass is 9.85. The van der Waals surface area contributed by atoms with Gasteiger partial charge in [-0.15, -0.1) is 5.10 Å². The van der Waals surface area contributed by atoms with Crippen molar-refractivity contribution in [3.05, 3.63) is 83.7 Å². The summed E-state index contributed by atoms with van der Waals surface area (Å²) < 4.78 is 1.76. The van der Waals surface area contributed by atoms with Crippen LogP contribution in [0.1, 0.15) is 72.0 Å². The topological polar surface area (TPSA) is 115 Å². The standard InChI is InChI=1S/C30H35N7O/c31-24-10-6-22(7-11-24)27-19-37-29(34-27)26(18-28(32)35-37)33-25-12-8-23(9-13-25)30(38)36-16-14-21(15-17-36)20-4-2-1-3-5-20/h1-5,8-9,12-13,18-19,21-22,24,33H,6-7,10-11,14-17,31H2,(H2,32,35). The fourth-order valence-electron chi connectivity index (χ4n) is 5.89. The Labute approximate surface area is 223 Å². The van der Waals surface area contributed by atoms with Crippen molar-refractivity contribution in [1.29, 1.82) is 0 Å². The van der Waals surface area contributed by atoms with E-state index in [0.717, 1.165) is 74.3 Å². The number of likely N-dealkylation sites (tertiary alicyclic amines) is 1. The number of nitrogens with zero attached hydrogens (tertiary/aromatic N) is 4. The highest BCUT2D eigenvalue weighted by Crippen LogP contribution is 2.33. The molecule has 8 heteroatoms. The van der Waals surface area contributed by atoms with Gasteiger partial charge in [-0.25, -0.2) is 9.50 Å². The maximum absolute atomic E-state index is 13.2. The smallest absolute Gasteiger partial charge is 0.253 e. The van der Waals surface area contributed by atoms with E-state index in [4.69, 9.17) is 16.5 Å². The number of hydrogen-bond donors (Lipinski definition) is 3. The number of carbonyl (C=O) groups excluding carboxylic acids is 1. The monoisotopic (exact) mass is 509 g/mol. The van der Waals surface area contributed by atoms with Crippen molar-refractivity contribution < 1.29 is 4.79 Å². The van der Waals surface area contributed by atoms with Crippen LogP contribution in [-0.4, -0.2) is 44.5 Å². The molecule has 0 unspecified atom stereocenters. The van der Waals surface area contributed by atoms with E-state index in [0.29, 0.717) is 29.3 Å². The molecule has 8 nitrogen and oxygen atoms in total. The Kier molecular flexibility index (Phi) is 6.72. The molecule has 1 saturated carbocycles. The van der Waals surface area contributed by atoms with Gasteiger partial charge in [0.25, 0.3) is 5.91 Å². The van der Waals surface area contributed by atoms with Crippen LogP contribution in [0.15, 0.2) is 66.9 Å². The van der Waals surface area contributed by atoms with Gasteiger partial charge in [-0.2, -0.15) is 0 Å². The molecule has 2 aliphatic rings. The number of imidazole rings is 1. The third kappa shape index (κ3) is 5.09. The fraction of sp³-hybridized carbons (Fsp3) is 0.367. The fourth-order valence-corrected chi connectivity index (χ4v) is 5.89. The van der Waals surface area contributed by atoms with Crippen molar-refractivity contribution >= 4 is 28.7 Å². The quantitative estimate of drug-likeness (QED) is 0.346. The SMILES string of the molecule is Nc1cc(Nc2ccc(C(=O)N3CCC(c4ccccc4)CC3)cc2)c2nc(C3CCC(N)CC3)cn2n1. The zero-order valence-electron chi connectivity index (χ0n) is 21.6. The maximum Gasteiger partial charge on any atom is 0.253 e. The number of benzene rings is 2. The Hall–Kier alpha value is -3.91. The number of amides is 1. The predicted molar refractivity (Wildman–Crippen MR) is 151 cm³/mol. The second kappa shape index (κ2) is 10.5. The summed E-state index contributed by atoms with van der Waals surface area (Å²) in [5.41, 5.74) is 17.7. The molecule has 0 radical (unpaired) electrons. The number of aromatic nitrogens is 3. The van der Waals surface area contributed by atoms with Crippen LogP contribution in [0.25, 0.3) is 5.65 Å². The van der Waals surface area contributed by atoms with E-state index in [1.54, 1.807) is 10.6 Å². The van der Waals surface area contributed by atoms with E-state index >= 15 is 0 Å². The maximum atomic E-state index is 13.2. The molecule has 38 heavy (non-hydrogen) atoms. The number of carbonyl (C=O) groups is 1. The second-order valence-electron chi connectivity index (χ2n) is 10.7.